The average Bonchev–Trinajstić information content (AvgIpc) is 3.28. The first-order chi connectivity index (χ1) is 13.3. The first-order valence-electron chi connectivity index (χ1n) is 10.0. The summed E-state index contributed by atoms with van der Waals surface area (Å²) >= 11 is 3.64. The van der Waals surface area contributed by atoms with Gasteiger partial charge >= 0.3 is 0 Å². The lowest BCUT2D eigenvalue weighted by atomic mass is 9.92. The van der Waals surface area contributed by atoms with Gasteiger partial charge in [-0.15, -0.1) is 21.5 Å². The van der Waals surface area contributed by atoms with E-state index in [1.165, 1.54) is 27.4 Å². The van der Waals surface area contributed by atoms with Crippen molar-refractivity contribution in [2.24, 2.45) is 5.92 Å². The number of hydrogen-bond donors (Lipinski definition) is 2. The molecule has 2 aromatic rings. The highest BCUT2D eigenvalue weighted by atomic mass is 32.2. The SMILES string of the molecule is CC(C)CCSc1nnc2n1-c1sc3c(c1C1NC(C)NN21)CC(C)(C)OC3. The third-order valence-electron chi connectivity index (χ3n) is 5.54. The van der Waals surface area contributed by atoms with Crippen molar-refractivity contribution < 1.29 is 4.74 Å². The standard InChI is InChI=1S/C19H28N6OS2/c1-10(2)6-7-27-18-22-21-17-24(18)16-14(15-20-11(3)23-25(15)17)12-8-19(4,5)26-9-13(12)28-16/h10-11,15,20,23H,6-9H2,1-5H3. The molecule has 2 N–H and O–H groups in total. The molecule has 2 atom stereocenters. The van der Waals surface area contributed by atoms with Gasteiger partial charge in [-0.25, -0.2) is 9.99 Å². The van der Waals surface area contributed by atoms with Crippen molar-refractivity contribution >= 4 is 29.0 Å². The van der Waals surface area contributed by atoms with Gasteiger partial charge in [0.05, 0.1) is 18.4 Å². The zero-order chi connectivity index (χ0) is 19.6. The Morgan fingerprint density at radius 3 is 2.96 bits per heavy atom. The third-order valence-corrected chi connectivity index (χ3v) is 7.71. The molecule has 5 rings (SSSR count). The Morgan fingerprint density at radius 2 is 2.18 bits per heavy atom. The van der Waals surface area contributed by atoms with Gasteiger partial charge in [-0.3, -0.25) is 10.3 Å². The number of anilines is 1. The van der Waals surface area contributed by atoms with E-state index in [9.17, 15) is 0 Å². The first kappa shape index (κ1) is 18.9. The van der Waals surface area contributed by atoms with Crippen LogP contribution in [0.1, 0.15) is 63.2 Å². The second kappa shape index (κ2) is 6.70. The molecule has 0 bridgehead atoms. The maximum atomic E-state index is 6.11. The average molecular weight is 421 g/mol. The minimum absolute atomic E-state index is 0.0871. The normalized spacial score (nSPS) is 24.9. The second-order valence-corrected chi connectivity index (χ2v) is 11.0. The number of rotatable bonds is 4. The molecule has 0 aliphatic carbocycles. The summed E-state index contributed by atoms with van der Waals surface area (Å²) in [5.41, 5.74) is 6.19. The number of fused-ring (bicyclic) bond motifs is 8. The van der Waals surface area contributed by atoms with Crippen molar-refractivity contribution in [2.75, 3.05) is 10.8 Å². The molecule has 1 saturated heterocycles. The highest BCUT2D eigenvalue weighted by molar-refractivity contribution is 7.99. The monoisotopic (exact) mass is 420 g/mol. The van der Waals surface area contributed by atoms with Gasteiger partial charge in [-0.1, -0.05) is 25.6 Å². The minimum Gasteiger partial charge on any atom is -0.370 e. The van der Waals surface area contributed by atoms with Crippen LogP contribution in [0.5, 0.6) is 0 Å². The molecule has 2 unspecified atom stereocenters. The van der Waals surface area contributed by atoms with Gasteiger partial charge in [0, 0.05) is 22.6 Å². The molecule has 5 heterocycles. The van der Waals surface area contributed by atoms with E-state index in [0.717, 1.165) is 23.3 Å². The molecule has 0 amide bonds. The molecular formula is C19H28N6OS2. The van der Waals surface area contributed by atoms with E-state index in [0.29, 0.717) is 12.5 Å². The van der Waals surface area contributed by atoms with E-state index in [1.807, 2.05) is 11.3 Å². The first-order valence-corrected chi connectivity index (χ1v) is 11.8. The molecule has 3 aliphatic rings. The van der Waals surface area contributed by atoms with Crippen LogP contribution in [-0.2, 0) is 17.8 Å². The largest absolute Gasteiger partial charge is 0.370 e. The Kier molecular flexibility index (Phi) is 4.52. The topological polar surface area (TPSA) is 67.2 Å². The summed E-state index contributed by atoms with van der Waals surface area (Å²) in [7, 11) is 0. The van der Waals surface area contributed by atoms with Crippen molar-refractivity contribution in [3.8, 4) is 5.00 Å². The van der Waals surface area contributed by atoms with Gasteiger partial charge < -0.3 is 4.74 Å². The highest BCUT2D eigenvalue weighted by Gasteiger charge is 2.45. The van der Waals surface area contributed by atoms with Crippen LogP contribution < -0.4 is 15.8 Å². The summed E-state index contributed by atoms with van der Waals surface area (Å²) < 4.78 is 8.36. The van der Waals surface area contributed by atoms with Crippen LogP contribution in [0.4, 0.5) is 5.95 Å². The second-order valence-electron chi connectivity index (χ2n) is 8.89. The van der Waals surface area contributed by atoms with Gasteiger partial charge in [0.25, 0.3) is 0 Å². The molecule has 0 radical (unpaired) electrons. The van der Waals surface area contributed by atoms with Crippen LogP contribution in [0.15, 0.2) is 5.16 Å². The Morgan fingerprint density at radius 1 is 1.36 bits per heavy atom. The van der Waals surface area contributed by atoms with E-state index in [-0.39, 0.29) is 17.9 Å². The smallest absolute Gasteiger partial charge is 0.249 e. The van der Waals surface area contributed by atoms with Gasteiger partial charge in [-0.2, -0.15) is 0 Å². The van der Waals surface area contributed by atoms with Crippen molar-refractivity contribution in [3.63, 3.8) is 0 Å². The maximum Gasteiger partial charge on any atom is 0.249 e. The number of nitrogens with one attached hydrogen (secondary N) is 2. The summed E-state index contributed by atoms with van der Waals surface area (Å²) in [6.07, 6.45) is 2.37. The molecule has 7 nitrogen and oxygen atoms in total. The summed E-state index contributed by atoms with van der Waals surface area (Å²) in [4.78, 5) is 1.34. The van der Waals surface area contributed by atoms with Crippen LogP contribution >= 0.6 is 23.1 Å². The Balaban J connectivity index is 1.61. The number of thiophene rings is 1. The molecule has 0 spiro atoms. The Bertz CT molecular complexity index is 905. The zero-order valence-corrected chi connectivity index (χ0v) is 18.7. The molecular weight excluding hydrogens is 392 g/mol. The highest BCUT2D eigenvalue weighted by Crippen LogP contribution is 2.49. The van der Waals surface area contributed by atoms with Gasteiger partial charge in [0.15, 0.2) is 5.16 Å². The fourth-order valence-electron chi connectivity index (χ4n) is 4.10. The van der Waals surface area contributed by atoms with Crippen LogP contribution in [-0.4, -0.2) is 32.3 Å². The van der Waals surface area contributed by atoms with E-state index in [1.54, 1.807) is 11.8 Å². The fourth-order valence-corrected chi connectivity index (χ4v) is 6.59. The molecule has 28 heavy (non-hydrogen) atoms. The van der Waals surface area contributed by atoms with Gasteiger partial charge in [-0.05, 0) is 38.7 Å². The minimum atomic E-state index is -0.132. The molecule has 0 aromatic carbocycles. The lowest BCUT2D eigenvalue weighted by Gasteiger charge is -2.34. The Labute approximate surface area is 174 Å². The lowest BCUT2D eigenvalue weighted by Crippen LogP contribution is -2.40. The molecule has 9 heteroatoms. The number of aromatic nitrogens is 3. The maximum absolute atomic E-state index is 6.11. The van der Waals surface area contributed by atoms with Gasteiger partial charge in [0.1, 0.15) is 11.2 Å². The van der Waals surface area contributed by atoms with Crippen molar-refractivity contribution in [1.82, 2.24) is 25.5 Å². The Hall–Kier alpha value is -1.13. The molecule has 152 valence electrons. The number of ether oxygens (including phenoxy) is 1. The predicted octanol–water partition coefficient (Wildman–Crippen LogP) is 3.59. The van der Waals surface area contributed by atoms with Crippen molar-refractivity contribution in [1.29, 1.82) is 0 Å². The van der Waals surface area contributed by atoms with Crippen LogP contribution in [0.25, 0.3) is 5.00 Å². The van der Waals surface area contributed by atoms with Crippen LogP contribution in [0, 0.1) is 5.92 Å². The predicted molar refractivity (Wildman–Crippen MR) is 113 cm³/mol. The van der Waals surface area contributed by atoms with E-state index >= 15 is 0 Å². The summed E-state index contributed by atoms with van der Waals surface area (Å²) in [5.74, 6) is 2.62. The lowest BCUT2D eigenvalue weighted by molar-refractivity contribution is -0.0385. The van der Waals surface area contributed by atoms with Gasteiger partial charge in [0.2, 0.25) is 5.95 Å². The van der Waals surface area contributed by atoms with Crippen LogP contribution in [0.3, 0.4) is 0 Å². The number of nitrogens with zero attached hydrogens (tertiary/aromatic N) is 4. The van der Waals surface area contributed by atoms with E-state index in [2.05, 4.69) is 65.1 Å². The number of hydrazine groups is 1. The number of thioether (sulfide) groups is 1. The number of hydrogen-bond acceptors (Lipinski definition) is 8. The van der Waals surface area contributed by atoms with Crippen molar-refractivity contribution in [3.05, 3.63) is 16.0 Å². The summed E-state index contributed by atoms with van der Waals surface area (Å²) in [6, 6.07) is 0. The fraction of sp³-hybridized carbons (Fsp3) is 0.684. The molecule has 3 aliphatic heterocycles. The van der Waals surface area contributed by atoms with E-state index in [4.69, 9.17) is 4.74 Å². The van der Waals surface area contributed by atoms with Crippen molar-refractivity contribution in [2.45, 2.75) is 77.2 Å². The summed E-state index contributed by atoms with van der Waals surface area (Å²) in [6.45, 7) is 11.7. The molecule has 0 saturated carbocycles. The summed E-state index contributed by atoms with van der Waals surface area (Å²) in [5, 5.41) is 17.2. The van der Waals surface area contributed by atoms with E-state index < -0.39 is 0 Å². The quantitative estimate of drug-likeness (QED) is 0.733. The van der Waals surface area contributed by atoms with Crippen LogP contribution in [0.2, 0.25) is 0 Å². The molecule has 2 aromatic heterocycles. The molecule has 1 fully saturated rings. The third kappa shape index (κ3) is 2.99. The zero-order valence-electron chi connectivity index (χ0n) is 17.1.